The summed E-state index contributed by atoms with van der Waals surface area (Å²) in [4.78, 5) is 82.4. The number of allylic oxidation sites excluding steroid dienone is 2. The van der Waals surface area contributed by atoms with Gasteiger partial charge in [0.1, 0.15) is 35.4 Å². The van der Waals surface area contributed by atoms with Crippen LogP contribution in [-0.2, 0) is 40.5 Å². The van der Waals surface area contributed by atoms with Crippen LogP contribution in [0.1, 0.15) is 82.3 Å². The Labute approximate surface area is 307 Å². The van der Waals surface area contributed by atoms with Gasteiger partial charge in [0.05, 0.1) is 48.7 Å². The number of carbonyl (C=O) groups excluding carboxylic acids is 6. The van der Waals surface area contributed by atoms with Gasteiger partial charge in [0.15, 0.2) is 30.0 Å². The number of carbonyl (C=O) groups is 6. The van der Waals surface area contributed by atoms with Gasteiger partial charge in [-0.1, -0.05) is 6.07 Å². The number of hydrogen-bond acceptors (Lipinski definition) is 17. The zero-order chi connectivity index (χ0) is 39.8. The Morgan fingerprint density at radius 1 is 0.963 bits per heavy atom. The number of phenolic OH excluding ortho intramolecular Hbond substituents is 1. The first-order chi connectivity index (χ1) is 25.4. The van der Waals surface area contributed by atoms with Crippen molar-refractivity contribution in [3.63, 3.8) is 0 Å². The summed E-state index contributed by atoms with van der Waals surface area (Å²) in [5.74, 6) is -7.78. The molecule has 5 N–H and O–H groups in total. The average Bonchev–Trinajstić information content (AvgIpc) is 3.12. The van der Waals surface area contributed by atoms with Crippen LogP contribution in [-0.4, -0.2) is 127 Å². The molecule has 2 aromatic rings. The van der Waals surface area contributed by atoms with Crippen LogP contribution in [0.3, 0.4) is 0 Å². The van der Waals surface area contributed by atoms with Crippen molar-refractivity contribution in [2.75, 3.05) is 35.0 Å². The van der Waals surface area contributed by atoms with Gasteiger partial charge in [-0.3, -0.25) is 19.2 Å². The standard InChI is InChI=1S/C37H39NO16/c1-13-8-15-9-20(40)36(3)33(46)24-17(32(45)37(36,48)25(15)30(22(13)35(47)52-7)53-12-21(41)49-4)10-16-23(27(24)43)19(39)11-18(26(16)42)38-34-31(51-6)28(44)29(50-5)14(2)54-34/h8,10-11,14,20,28-29,31,34,38,40,43-44,48H,9,12H2,1-7H3/t14-,20+,28+,29-,31+,34-,36-,37-/m0/s1. The second-order valence-corrected chi connectivity index (χ2v) is 13.7. The summed E-state index contributed by atoms with van der Waals surface area (Å²) in [6, 6.07) is 2.28. The Hall–Kier alpha value is -5.04. The number of methoxy groups -OCH3 is 4. The molecule has 0 amide bonds. The molecule has 0 aromatic heterocycles. The maximum atomic E-state index is 14.9. The number of aromatic hydroxyl groups is 1. The van der Waals surface area contributed by atoms with E-state index in [-0.39, 0.29) is 28.8 Å². The number of rotatable bonds is 8. The van der Waals surface area contributed by atoms with Crippen LogP contribution in [0.15, 0.2) is 23.9 Å². The summed E-state index contributed by atoms with van der Waals surface area (Å²) >= 11 is 0. The average molecular weight is 754 g/mol. The molecule has 2 aromatic carbocycles. The van der Waals surface area contributed by atoms with E-state index in [9.17, 15) is 49.2 Å². The van der Waals surface area contributed by atoms with Crippen molar-refractivity contribution in [2.45, 2.75) is 69.5 Å². The number of benzene rings is 2. The molecule has 17 nitrogen and oxygen atoms in total. The van der Waals surface area contributed by atoms with Crippen LogP contribution in [0.4, 0.5) is 0 Å². The zero-order valence-electron chi connectivity index (χ0n) is 30.3. The predicted octanol–water partition coefficient (Wildman–Crippen LogP) is 0.217. The number of esters is 2. The van der Waals surface area contributed by atoms with Crippen LogP contribution in [0.2, 0.25) is 0 Å². The number of aliphatic hydroxyl groups is 3. The molecule has 0 bridgehead atoms. The molecule has 1 heterocycles. The predicted molar refractivity (Wildman–Crippen MR) is 180 cm³/mol. The number of Topliss-reactive ketones (excluding diaryl/α,β-unsaturated/α-hetero) is 3. The fourth-order valence-electron chi connectivity index (χ4n) is 8.06. The van der Waals surface area contributed by atoms with Crippen LogP contribution in [0.5, 0.6) is 11.5 Å². The van der Waals surface area contributed by atoms with Crippen LogP contribution in [0.25, 0.3) is 0 Å². The molecule has 1 saturated heterocycles. The number of ether oxygens (including phenoxy) is 6. The van der Waals surface area contributed by atoms with E-state index in [0.29, 0.717) is 0 Å². The van der Waals surface area contributed by atoms with Crippen molar-refractivity contribution in [1.82, 2.24) is 5.32 Å². The minimum absolute atomic E-state index is 0.0762. The summed E-state index contributed by atoms with van der Waals surface area (Å²) in [5, 5.41) is 49.5. The number of nitrogens with one attached hydrogen (secondary N) is 1. The third-order valence-corrected chi connectivity index (χ3v) is 10.9. The minimum Gasteiger partial charge on any atom is -0.506 e. The number of fused-ring (bicyclic) bond motifs is 5. The molecule has 0 unspecified atom stereocenters. The summed E-state index contributed by atoms with van der Waals surface area (Å²) in [5.41, 5.74) is -8.92. The molecule has 8 atom stereocenters. The summed E-state index contributed by atoms with van der Waals surface area (Å²) in [7, 11) is 4.81. The lowest BCUT2D eigenvalue weighted by Crippen LogP contribution is -2.65. The third-order valence-electron chi connectivity index (χ3n) is 10.9. The Morgan fingerprint density at radius 2 is 1.63 bits per heavy atom. The van der Waals surface area contributed by atoms with Crippen molar-refractivity contribution in [2.24, 2.45) is 5.41 Å². The molecule has 6 rings (SSSR count). The van der Waals surface area contributed by atoms with Gasteiger partial charge in [0, 0.05) is 43.4 Å². The van der Waals surface area contributed by atoms with Crippen molar-refractivity contribution in [3.05, 3.63) is 68.4 Å². The van der Waals surface area contributed by atoms with Gasteiger partial charge in [-0.15, -0.1) is 0 Å². The Balaban J connectivity index is 1.52. The van der Waals surface area contributed by atoms with Gasteiger partial charge in [-0.05, 0) is 38.0 Å². The van der Waals surface area contributed by atoms with Gasteiger partial charge >= 0.3 is 11.9 Å². The normalized spacial score (nSPS) is 30.0. The summed E-state index contributed by atoms with van der Waals surface area (Å²) < 4.78 is 32.0. The lowest BCUT2D eigenvalue weighted by molar-refractivity contribution is -0.236. The van der Waals surface area contributed by atoms with E-state index in [1.807, 2.05) is 0 Å². The molecular weight excluding hydrogens is 714 g/mol. The van der Waals surface area contributed by atoms with E-state index in [1.54, 1.807) is 6.92 Å². The van der Waals surface area contributed by atoms with Gasteiger partial charge in [-0.2, -0.15) is 0 Å². The first kappa shape index (κ1) is 38.7. The quantitative estimate of drug-likeness (QED) is 0.226. The first-order valence-electron chi connectivity index (χ1n) is 16.8. The molecule has 0 spiro atoms. The highest BCUT2D eigenvalue weighted by molar-refractivity contribution is 6.30. The van der Waals surface area contributed by atoms with Crippen molar-refractivity contribution < 1.29 is 77.6 Å². The second-order valence-electron chi connectivity index (χ2n) is 13.7. The van der Waals surface area contributed by atoms with E-state index in [1.165, 1.54) is 27.2 Å². The van der Waals surface area contributed by atoms with Crippen molar-refractivity contribution in [3.8, 4) is 11.5 Å². The number of aliphatic hydroxyl groups excluding tert-OH is 2. The largest absolute Gasteiger partial charge is 0.506 e. The molecule has 17 heteroatoms. The molecule has 0 radical (unpaired) electrons. The van der Waals surface area contributed by atoms with Gasteiger partial charge < -0.3 is 54.2 Å². The van der Waals surface area contributed by atoms with E-state index >= 15 is 0 Å². The molecule has 3 aliphatic carbocycles. The number of aryl methyl sites for hydroxylation is 1. The number of ketones is 4. The van der Waals surface area contributed by atoms with Crippen molar-refractivity contribution >= 4 is 35.1 Å². The fourth-order valence-corrected chi connectivity index (χ4v) is 8.06. The molecular formula is C37H39NO16. The van der Waals surface area contributed by atoms with Crippen LogP contribution >= 0.6 is 0 Å². The molecule has 54 heavy (non-hydrogen) atoms. The topological polar surface area (TPSA) is 251 Å². The maximum absolute atomic E-state index is 14.9. The number of phenols is 1. The van der Waals surface area contributed by atoms with Gasteiger partial charge in [0.2, 0.25) is 11.6 Å². The second kappa shape index (κ2) is 13.7. The highest BCUT2D eigenvalue weighted by Crippen LogP contribution is 2.59. The van der Waals surface area contributed by atoms with Crippen molar-refractivity contribution in [1.29, 1.82) is 0 Å². The molecule has 1 aliphatic heterocycles. The minimum atomic E-state index is -3.06. The Kier molecular flexibility index (Phi) is 9.79. The van der Waals surface area contributed by atoms with E-state index in [0.717, 1.165) is 33.3 Å². The lowest BCUT2D eigenvalue weighted by atomic mass is 9.51. The highest BCUT2D eigenvalue weighted by atomic mass is 16.6. The van der Waals surface area contributed by atoms with E-state index < -0.39 is 129 Å². The lowest BCUT2D eigenvalue weighted by Gasteiger charge is -2.52. The Morgan fingerprint density at radius 3 is 2.24 bits per heavy atom. The fraction of sp³-hybridized carbons (Fsp3) is 0.459. The van der Waals surface area contributed by atoms with Crippen LogP contribution < -0.4 is 10.1 Å². The highest BCUT2D eigenvalue weighted by Gasteiger charge is 2.69. The van der Waals surface area contributed by atoms with E-state index in [2.05, 4.69) is 10.1 Å². The molecule has 0 saturated carbocycles. The van der Waals surface area contributed by atoms with E-state index in [4.69, 9.17) is 23.7 Å². The molecule has 4 aliphatic rings. The Bertz CT molecular complexity index is 2050. The number of hydrogen-bond donors (Lipinski definition) is 5. The van der Waals surface area contributed by atoms with Gasteiger partial charge in [0.25, 0.3) is 0 Å². The maximum Gasteiger partial charge on any atom is 0.343 e. The van der Waals surface area contributed by atoms with Gasteiger partial charge in [-0.25, -0.2) is 9.59 Å². The van der Waals surface area contributed by atoms with Crippen LogP contribution in [0, 0.1) is 12.3 Å². The molecule has 1 fully saturated rings. The summed E-state index contributed by atoms with van der Waals surface area (Å²) in [6.45, 7) is 3.37. The monoisotopic (exact) mass is 753 g/mol. The smallest absolute Gasteiger partial charge is 0.343 e. The molecule has 288 valence electrons. The SMILES string of the molecule is COC(=O)COc1c(C(=O)OC)c(C)cc2c1[C@]1(O)C(=O)c3cc4c(c(O)c3C(=O)[C@]1(C)[C@H](O)C2)C(=O)C=C(N[C@H]1O[C@@H](C)[C@H](OC)[C@@H](O)[C@H]1OC)C4=O. The first-order valence-corrected chi connectivity index (χ1v) is 16.8. The third kappa shape index (κ3) is 5.29. The summed E-state index contributed by atoms with van der Waals surface area (Å²) in [6.07, 6.45) is -6.32. The zero-order valence-corrected chi connectivity index (χ0v) is 30.3.